The molecule has 0 saturated heterocycles. The minimum Gasteiger partial charge on any atom is -0.508 e. The van der Waals surface area contributed by atoms with Crippen LogP contribution < -0.4 is 5.32 Å². The van der Waals surface area contributed by atoms with Crippen LogP contribution in [0.1, 0.15) is 36.0 Å². The van der Waals surface area contributed by atoms with Gasteiger partial charge in [-0.1, -0.05) is 0 Å². The van der Waals surface area contributed by atoms with Gasteiger partial charge in [0, 0.05) is 18.2 Å². The topological polar surface area (TPSA) is 116 Å². The summed E-state index contributed by atoms with van der Waals surface area (Å²) in [7, 11) is 1.34. The van der Waals surface area contributed by atoms with Crippen LogP contribution in [0.4, 0.5) is 0 Å². The van der Waals surface area contributed by atoms with Gasteiger partial charge in [-0.2, -0.15) is 0 Å². The molecule has 1 amide bonds. The Hall–Kier alpha value is -2.28. The predicted octanol–water partition coefficient (Wildman–Crippen LogP) is 0.922. The zero-order valence-corrected chi connectivity index (χ0v) is 12.9. The van der Waals surface area contributed by atoms with Crippen molar-refractivity contribution in [2.45, 2.75) is 31.3 Å². The average molecular weight is 323 g/mol. The van der Waals surface area contributed by atoms with Crippen LogP contribution in [0.25, 0.3) is 0 Å². The van der Waals surface area contributed by atoms with E-state index in [9.17, 15) is 24.9 Å². The molecule has 1 aliphatic rings. The monoisotopic (exact) mass is 323 g/mol. The Morgan fingerprint density at radius 1 is 1.22 bits per heavy atom. The van der Waals surface area contributed by atoms with Gasteiger partial charge in [0.15, 0.2) is 0 Å². The first-order valence-electron chi connectivity index (χ1n) is 7.44. The van der Waals surface area contributed by atoms with Crippen LogP contribution in [0.15, 0.2) is 18.2 Å². The number of ether oxygens (including phenoxy) is 1. The Bertz CT molecular complexity index is 572. The second-order valence-electron chi connectivity index (χ2n) is 5.94. The Labute approximate surface area is 133 Å². The van der Waals surface area contributed by atoms with Crippen LogP contribution in [-0.4, -0.2) is 46.5 Å². The molecule has 7 nitrogen and oxygen atoms in total. The molecule has 0 aliphatic heterocycles. The van der Waals surface area contributed by atoms with Crippen LogP contribution in [0.3, 0.4) is 0 Å². The molecular weight excluding hydrogens is 302 g/mol. The van der Waals surface area contributed by atoms with Crippen molar-refractivity contribution >= 4 is 11.9 Å². The molecule has 126 valence electrons. The number of phenols is 2. The predicted molar refractivity (Wildman–Crippen MR) is 81.0 cm³/mol. The van der Waals surface area contributed by atoms with E-state index in [1.165, 1.54) is 19.2 Å². The van der Waals surface area contributed by atoms with Crippen LogP contribution in [0.2, 0.25) is 0 Å². The normalized spacial score (nSPS) is 24.0. The summed E-state index contributed by atoms with van der Waals surface area (Å²) in [4.78, 5) is 23.5. The molecule has 0 aromatic heterocycles. The molecule has 1 aliphatic carbocycles. The fourth-order valence-corrected chi connectivity index (χ4v) is 2.81. The maximum Gasteiger partial charge on any atom is 0.308 e. The third kappa shape index (κ3) is 4.35. The number of carbonyl (C=O) groups excluding carboxylic acids is 2. The van der Waals surface area contributed by atoms with Crippen molar-refractivity contribution in [1.82, 2.24) is 5.32 Å². The van der Waals surface area contributed by atoms with Gasteiger partial charge in [-0.25, -0.2) is 0 Å². The molecular formula is C16H21NO6. The molecule has 0 heterocycles. The van der Waals surface area contributed by atoms with Gasteiger partial charge in [-0.3, -0.25) is 9.59 Å². The molecule has 0 unspecified atom stereocenters. The molecule has 1 fully saturated rings. The number of amides is 1. The highest BCUT2D eigenvalue weighted by Gasteiger charge is 2.36. The van der Waals surface area contributed by atoms with Gasteiger partial charge in [-0.15, -0.1) is 0 Å². The fourth-order valence-electron chi connectivity index (χ4n) is 2.81. The summed E-state index contributed by atoms with van der Waals surface area (Å²) < 4.78 is 4.70. The van der Waals surface area contributed by atoms with E-state index < -0.39 is 11.5 Å². The lowest BCUT2D eigenvalue weighted by atomic mass is 9.78. The summed E-state index contributed by atoms with van der Waals surface area (Å²) in [6, 6.07) is 3.58. The maximum absolute atomic E-state index is 12.0. The van der Waals surface area contributed by atoms with Gasteiger partial charge in [0.1, 0.15) is 11.5 Å². The van der Waals surface area contributed by atoms with Gasteiger partial charge >= 0.3 is 5.97 Å². The summed E-state index contributed by atoms with van der Waals surface area (Å²) in [6.45, 7) is 0.0378. The smallest absolute Gasteiger partial charge is 0.308 e. The van der Waals surface area contributed by atoms with Crippen LogP contribution >= 0.6 is 0 Å². The lowest BCUT2D eigenvalue weighted by Gasteiger charge is -2.35. The SMILES string of the molecule is COC(=O)C1CCC(O)(CNC(=O)c2cc(O)cc(O)c2)CC1. The maximum atomic E-state index is 12.0. The number of phenolic OH excluding ortho intramolecular Hbond substituents is 2. The molecule has 0 bridgehead atoms. The van der Waals surface area contributed by atoms with E-state index in [1.807, 2.05) is 0 Å². The Kier molecular flexibility index (Phi) is 5.10. The minimum atomic E-state index is -1.07. The summed E-state index contributed by atoms with van der Waals surface area (Å²) in [5.41, 5.74) is -0.965. The van der Waals surface area contributed by atoms with E-state index in [0.717, 1.165) is 6.07 Å². The Balaban J connectivity index is 1.90. The number of nitrogens with one attached hydrogen (secondary N) is 1. The highest BCUT2D eigenvalue weighted by Crippen LogP contribution is 2.32. The fraction of sp³-hybridized carbons (Fsp3) is 0.500. The van der Waals surface area contributed by atoms with E-state index in [2.05, 4.69) is 5.32 Å². The van der Waals surface area contributed by atoms with Gasteiger partial charge in [0.25, 0.3) is 5.91 Å². The molecule has 1 aromatic rings. The molecule has 0 radical (unpaired) electrons. The zero-order valence-electron chi connectivity index (χ0n) is 12.9. The first-order valence-corrected chi connectivity index (χ1v) is 7.44. The van der Waals surface area contributed by atoms with Crippen molar-refractivity contribution < 1.29 is 29.6 Å². The van der Waals surface area contributed by atoms with E-state index in [0.29, 0.717) is 25.7 Å². The van der Waals surface area contributed by atoms with Gasteiger partial charge in [0.2, 0.25) is 0 Å². The number of hydrogen-bond acceptors (Lipinski definition) is 6. The number of rotatable bonds is 4. The highest BCUT2D eigenvalue weighted by molar-refractivity contribution is 5.95. The van der Waals surface area contributed by atoms with E-state index in [4.69, 9.17) is 4.74 Å². The first-order chi connectivity index (χ1) is 10.8. The third-order valence-corrected chi connectivity index (χ3v) is 4.19. The second kappa shape index (κ2) is 6.87. The molecule has 23 heavy (non-hydrogen) atoms. The molecule has 1 aromatic carbocycles. The van der Waals surface area contributed by atoms with Crippen molar-refractivity contribution in [2.24, 2.45) is 5.92 Å². The molecule has 0 spiro atoms. The van der Waals surface area contributed by atoms with E-state index in [-0.39, 0.29) is 35.5 Å². The van der Waals surface area contributed by atoms with E-state index >= 15 is 0 Å². The number of benzene rings is 1. The summed E-state index contributed by atoms with van der Waals surface area (Å²) >= 11 is 0. The molecule has 2 rings (SSSR count). The van der Waals surface area contributed by atoms with Gasteiger partial charge in [0.05, 0.1) is 18.6 Å². The number of carbonyl (C=O) groups is 2. The standard InChI is InChI=1S/C16H21NO6/c1-23-15(21)10-2-4-16(22,5-3-10)9-17-14(20)11-6-12(18)8-13(19)7-11/h6-8,10,18-19,22H,2-5,9H2,1H3,(H,17,20). The lowest BCUT2D eigenvalue weighted by molar-refractivity contribution is -0.148. The molecule has 4 N–H and O–H groups in total. The van der Waals surface area contributed by atoms with Crippen molar-refractivity contribution in [3.63, 3.8) is 0 Å². The first kappa shape index (κ1) is 17.1. The summed E-state index contributed by atoms with van der Waals surface area (Å²) in [5.74, 6) is -1.41. The van der Waals surface area contributed by atoms with Gasteiger partial charge < -0.3 is 25.4 Å². The summed E-state index contributed by atoms with van der Waals surface area (Å²) in [5, 5.41) is 31.8. The second-order valence-corrected chi connectivity index (χ2v) is 5.94. The van der Waals surface area contributed by atoms with Crippen molar-refractivity contribution in [1.29, 1.82) is 0 Å². The van der Waals surface area contributed by atoms with Crippen molar-refractivity contribution in [2.75, 3.05) is 13.7 Å². The molecule has 7 heteroatoms. The number of methoxy groups -OCH3 is 1. The minimum absolute atomic E-state index is 0.0378. The highest BCUT2D eigenvalue weighted by atomic mass is 16.5. The Morgan fingerprint density at radius 3 is 2.30 bits per heavy atom. The van der Waals surface area contributed by atoms with Crippen LogP contribution in [0.5, 0.6) is 11.5 Å². The quantitative estimate of drug-likeness (QED) is 0.612. The summed E-state index contributed by atoms with van der Waals surface area (Å²) in [6.07, 6.45) is 1.79. The van der Waals surface area contributed by atoms with E-state index in [1.54, 1.807) is 0 Å². The third-order valence-electron chi connectivity index (χ3n) is 4.19. The Morgan fingerprint density at radius 2 is 1.78 bits per heavy atom. The number of esters is 1. The zero-order chi connectivity index (χ0) is 17.0. The van der Waals surface area contributed by atoms with Crippen molar-refractivity contribution in [3.05, 3.63) is 23.8 Å². The average Bonchev–Trinajstić information content (AvgIpc) is 2.52. The lowest BCUT2D eigenvalue weighted by Crippen LogP contribution is -2.46. The molecule has 1 saturated carbocycles. The number of aromatic hydroxyl groups is 2. The molecule has 0 atom stereocenters. The number of hydrogen-bond donors (Lipinski definition) is 4. The van der Waals surface area contributed by atoms with Crippen LogP contribution in [-0.2, 0) is 9.53 Å². The van der Waals surface area contributed by atoms with Gasteiger partial charge in [-0.05, 0) is 37.8 Å². The van der Waals surface area contributed by atoms with Crippen molar-refractivity contribution in [3.8, 4) is 11.5 Å². The van der Waals surface area contributed by atoms with Crippen LogP contribution in [0, 0.1) is 5.92 Å². The number of aliphatic hydroxyl groups is 1. The largest absolute Gasteiger partial charge is 0.508 e.